The van der Waals surface area contributed by atoms with Crippen molar-refractivity contribution in [3.05, 3.63) is 0 Å². The summed E-state index contributed by atoms with van der Waals surface area (Å²) in [7, 11) is 0. The second-order valence-electron chi connectivity index (χ2n) is 7.41. The largest absolute Gasteiger partial charge is 0.481 e. The molecule has 2 saturated carbocycles. The molecule has 118 valence electrons. The number of hydrogen-bond donors (Lipinski definition) is 1. The van der Waals surface area contributed by atoms with Crippen LogP contribution < -0.4 is 0 Å². The second-order valence-corrected chi connectivity index (χ2v) is 7.41. The van der Waals surface area contributed by atoms with Gasteiger partial charge in [0.1, 0.15) is 0 Å². The summed E-state index contributed by atoms with van der Waals surface area (Å²) in [5.41, 5.74) is 0. The fourth-order valence-corrected chi connectivity index (χ4v) is 4.95. The number of likely N-dealkylation sites (tertiary alicyclic amines) is 1. The Kier molecular flexibility index (Phi) is 4.23. The number of carboxylic acid groups (broad SMARTS) is 1. The Hall–Kier alpha value is -1.06. The summed E-state index contributed by atoms with van der Waals surface area (Å²) in [6.45, 7) is 2.92. The number of amides is 1. The number of nitrogens with zero attached hydrogens (tertiary/aromatic N) is 1. The van der Waals surface area contributed by atoms with E-state index in [0.29, 0.717) is 24.3 Å². The molecular weight excluding hydrogens is 266 g/mol. The van der Waals surface area contributed by atoms with Gasteiger partial charge >= 0.3 is 5.97 Å². The highest BCUT2D eigenvalue weighted by Gasteiger charge is 2.45. The van der Waals surface area contributed by atoms with Crippen molar-refractivity contribution < 1.29 is 14.7 Å². The van der Waals surface area contributed by atoms with Gasteiger partial charge in [-0.25, -0.2) is 0 Å². The molecule has 0 spiro atoms. The van der Waals surface area contributed by atoms with E-state index in [9.17, 15) is 14.7 Å². The van der Waals surface area contributed by atoms with Gasteiger partial charge in [0.15, 0.2) is 0 Å². The van der Waals surface area contributed by atoms with E-state index in [4.69, 9.17) is 0 Å². The van der Waals surface area contributed by atoms with Gasteiger partial charge in [0.05, 0.1) is 11.8 Å². The van der Waals surface area contributed by atoms with Crippen molar-refractivity contribution in [3.8, 4) is 0 Å². The summed E-state index contributed by atoms with van der Waals surface area (Å²) in [5, 5.41) is 9.40. The first-order chi connectivity index (χ1) is 10.1. The maximum absolute atomic E-state index is 12.9. The predicted molar refractivity (Wildman–Crippen MR) is 79.7 cm³/mol. The minimum absolute atomic E-state index is 0.140. The minimum atomic E-state index is -0.783. The Balaban J connectivity index is 1.72. The molecule has 1 saturated heterocycles. The van der Waals surface area contributed by atoms with Gasteiger partial charge < -0.3 is 10.0 Å². The van der Waals surface area contributed by atoms with Crippen LogP contribution in [0.1, 0.15) is 58.3 Å². The number of carboxylic acids is 1. The smallest absolute Gasteiger partial charge is 0.307 e. The molecule has 1 aliphatic heterocycles. The van der Waals surface area contributed by atoms with Gasteiger partial charge in [-0.1, -0.05) is 19.8 Å². The third kappa shape index (κ3) is 2.82. The van der Waals surface area contributed by atoms with Gasteiger partial charge in [0, 0.05) is 12.6 Å². The molecule has 0 radical (unpaired) electrons. The van der Waals surface area contributed by atoms with Gasteiger partial charge in [0.25, 0.3) is 0 Å². The van der Waals surface area contributed by atoms with Crippen molar-refractivity contribution in [1.29, 1.82) is 0 Å². The van der Waals surface area contributed by atoms with Crippen molar-refractivity contribution in [2.24, 2.45) is 23.7 Å². The Morgan fingerprint density at radius 3 is 2.33 bits per heavy atom. The van der Waals surface area contributed by atoms with Crippen LogP contribution in [0.25, 0.3) is 0 Å². The molecule has 21 heavy (non-hydrogen) atoms. The van der Waals surface area contributed by atoms with E-state index in [-0.39, 0.29) is 11.8 Å². The first-order valence-corrected chi connectivity index (χ1v) is 8.61. The van der Waals surface area contributed by atoms with Crippen molar-refractivity contribution in [2.75, 3.05) is 6.54 Å². The topological polar surface area (TPSA) is 57.6 Å². The van der Waals surface area contributed by atoms with Crippen LogP contribution in [-0.4, -0.2) is 34.5 Å². The molecule has 0 bridgehead atoms. The molecule has 4 atom stereocenters. The lowest BCUT2D eigenvalue weighted by molar-refractivity contribution is -0.149. The SMILES string of the molecule is CC1CC(C(=O)O)C(C(=O)N2CCCC2C2CCCC2)C1. The van der Waals surface area contributed by atoms with Gasteiger partial charge in [-0.05, 0) is 50.4 Å². The van der Waals surface area contributed by atoms with Gasteiger partial charge in [-0.15, -0.1) is 0 Å². The van der Waals surface area contributed by atoms with Gasteiger partial charge in [0.2, 0.25) is 5.91 Å². The van der Waals surface area contributed by atoms with Crippen LogP contribution in [0.5, 0.6) is 0 Å². The van der Waals surface area contributed by atoms with Crippen LogP contribution in [0.2, 0.25) is 0 Å². The molecule has 0 aromatic carbocycles. The number of aliphatic carboxylic acids is 1. The van der Waals surface area contributed by atoms with E-state index in [2.05, 4.69) is 11.8 Å². The highest BCUT2D eigenvalue weighted by molar-refractivity contribution is 5.85. The lowest BCUT2D eigenvalue weighted by Gasteiger charge is -2.32. The summed E-state index contributed by atoms with van der Waals surface area (Å²) in [6.07, 6.45) is 8.71. The van der Waals surface area contributed by atoms with E-state index in [1.807, 2.05) is 0 Å². The fourth-order valence-electron chi connectivity index (χ4n) is 4.95. The molecule has 3 rings (SSSR count). The summed E-state index contributed by atoms with van der Waals surface area (Å²) in [6, 6.07) is 0.394. The van der Waals surface area contributed by atoms with Crippen molar-refractivity contribution in [3.63, 3.8) is 0 Å². The Morgan fingerprint density at radius 2 is 1.67 bits per heavy atom. The highest BCUT2D eigenvalue weighted by Crippen LogP contribution is 2.41. The fraction of sp³-hybridized carbons (Fsp3) is 0.882. The molecule has 4 unspecified atom stereocenters. The van der Waals surface area contributed by atoms with E-state index in [1.54, 1.807) is 0 Å². The lowest BCUT2D eigenvalue weighted by Crippen LogP contribution is -2.44. The predicted octanol–water partition coefficient (Wildman–Crippen LogP) is 2.91. The van der Waals surface area contributed by atoms with Crippen molar-refractivity contribution in [2.45, 2.75) is 64.3 Å². The van der Waals surface area contributed by atoms with E-state index in [0.717, 1.165) is 25.8 Å². The van der Waals surface area contributed by atoms with E-state index < -0.39 is 11.9 Å². The molecule has 2 aliphatic carbocycles. The Morgan fingerprint density at radius 1 is 1.00 bits per heavy atom. The molecule has 4 heteroatoms. The first-order valence-electron chi connectivity index (χ1n) is 8.61. The quantitative estimate of drug-likeness (QED) is 0.870. The number of carbonyl (C=O) groups is 2. The van der Waals surface area contributed by atoms with Crippen LogP contribution in [0, 0.1) is 23.7 Å². The molecule has 1 amide bonds. The third-order valence-electron chi connectivity index (χ3n) is 5.96. The lowest BCUT2D eigenvalue weighted by atomic mass is 9.92. The average molecular weight is 293 g/mol. The average Bonchev–Trinajstić information content (AvgIpc) is 3.17. The molecule has 0 aromatic heterocycles. The normalized spacial score (nSPS) is 37.3. The standard InChI is InChI=1S/C17H27NO3/c1-11-9-13(14(10-11)17(20)21)16(19)18-8-4-7-15(18)12-5-2-3-6-12/h11-15H,2-10H2,1H3,(H,20,21). The van der Waals surface area contributed by atoms with Crippen LogP contribution in [0.15, 0.2) is 0 Å². The molecule has 1 heterocycles. The van der Waals surface area contributed by atoms with Crippen LogP contribution >= 0.6 is 0 Å². The summed E-state index contributed by atoms with van der Waals surface area (Å²) >= 11 is 0. The highest BCUT2D eigenvalue weighted by atomic mass is 16.4. The molecule has 3 fully saturated rings. The molecule has 1 N–H and O–H groups in total. The number of hydrogen-bond acceptors (Lipinski definition) is 2. The molecular formula is C17H27NO3. The third-order valence-corrected chi connectivity index (χ3v) is 5.96. The van der Waals surface area contributed by atoms with Crippen molar-refractivity contribution >= 4 is 11.9 Å². The monoisotopic (exact) mass is 293 g/mol. The zero-order chi connectivity index (χ0) is 15.0. The zero-order valence-electron chi connectivity index (χ0n) is 13.0. The van der Waals surface area contributed by atoms with E-state index in [1.165, 1.54) is 25.7 Å². The van der Waals surface area contributed by atoms with Crippen LogP contribution in [0.4, 0.5) is 0 Å². The Labute approximate surface area is 126 Å². The van der Waals surface area contributed by atoms with Gasteiger partial charge in [-0.3, -0.25) is 9.59 Å². The summed E-state index contributed by atoms with van der Waals surface area (Å²) in [4.78, 5) is 26.4. The number of rotatable bonds is 3. The zero-order valence-corrected chi connectivity index (χ0v) is 13.0. The van der Waals surface area contributed by atoms with Crippen LogP contribution in [0.3, 0.4) is 0 Å². The number of carbonyl (C=O) groups excluding carboxylic acids is 1. The summed E-state index contributed by atoms with van der Waals surface area (Å²) in [5.74, 6) is -0.363. The second kappa shape index (κ2) is 5.98. The molecule has 4 nitrogen and oxygen atoms in total. The maximum Gasteiger partial charge on any atom is 0.307 e. The van der Waals surface area contributed by atoms with E-state index >= 15 is 0 Å². The van der Waals surface area contributed by atoms with Crippen molar-refractivity contribution in [1.82, 2.24) is 4.90 Å². The van der Waals surface area contributed by atoms with Crippen LogP contribution in [-0.2, 0) is 9.59 Å². The maximum atomic E-state index is 12.9. The summed E-state index contributed by atoms with van der Waals surface area (Å²) < 4.78 is 0. The molecule has 0 aromatic rings. The van der Waals surface area contributed by atoms with Gasteiger partial charge in [-0.2, -0.15) is 0 Å². The Bertz CT molecular complexity index is 416. The molecule has 3 aliphatic rings. The first kappa shape index (κ1) is 14.9. The minimum Gasteiger partial charge on any atom is -0.481 e.